The minimum atomic E-state index is -3.75. The zero-order valence-electron chi connectivity index (χ0n) is 19.2. The Morgan fingerprint density at radius 3 is 2.86 bits per heavy atom. The van der Waals surface area contributed by atoms with Gasteiger partial charge in [0.2, 0.25) is 15.8 Å². The predicted molar refractivity (Wildman–Crippen MR) is 126 cm³/mol. The molecule has 4 rings (SSSR count). The number of benzene rings is 2. The van der Waals surface area contributed by atoms with E-state index in [-0.39, 0.29) is 12.0 Å². The van der Waals surface area contributed by atoms with Crippen LogP contribution in [0, 0.1) is 11.3 Å². The van der Waals surface area contributed by atoms with Crippen molar-refractivity contribution in [2.45, 2.75) is 45.3 Å². The molecule has 0 unspecified atom stereocenters. The van der Waals surface area contributed by atoms with Gasteiger partial charge in [-0.2, -0.15) is 10.2 Å². The van der Waals surface area contributed by atoms with E-state index >= 15 is 0 Å². The van der Waals surface area contributed by atoms with Gasteiger partial charge in [0.05, 0.1) is 23.8 Å². The highest BCUT2D eigenvalue weighted by Gasteiger charge is 2.29. The van der Waals surface area contributed by atoms with Crippen molar-refractivity contribution >= 4 is 16.0 Å². The monoisotopic (exact) mass is 496 g/mol. The van der Waals surface area contributed by atoms with Gasteiger partial charge in [0, 0.05) is 17.2 Å². The SMILES string of the molecule is CC(C)Oc1ccc(-c2nc(-c3cccc4c3CC[C@@H]4NS(=O)(=O)CCC(=O)O)no2)cc1C#N. The number of carbonyl (C=O) groups is 1. The summed E-state index contributed by atoms with van der Waals surface area (Å²) < 4.78 is 38.3. The van der Waals surface area contributed by atoms with Gasteiger partial charge in [0.1, 0.15) is 11.8 Å². The molecular weight excluding hydrogens is 472 g/mol. The molecule has 35 heavy (non-hydrogen) atoms. The number of carboxylic acid groups (broad SMARTS) is 1. The van der Waals surface area contributed by atoms with Gasteiger partial charge in [0.25, 0.3) is 5.89 Å². The third kappa shape index (κ3) is 5.50. The van der Waals surface area contributed by atoms with Gasteiger partial charge in [-0.1, -0.05) is 23.4 Å². The molecule has 0 spiro atoms. The van der Waals surface area contributed by atoms with Crippen LogP contribution in [-0.2, 0) is 21.2 Å². The Kier molecular flexibility index (Phi) is 6.86. The maximum Gasteiger partial charge on any atom is 0.304 e. The summed E-state index contributed by atoms with van der Waals surface area (Å²) in [7, 11) is -3.75. The van der Waals surface area contributed by atoms with Crippen LogP contribution in [0.1, 0.15) is 49.4 Å². The minimum absolute atomic E-state index is 0.0754. The zero-order valence-corrected chi connectivity index (χ0v) is 20.0. The highest BCUT2D eigenvalue weighted by molar-refractivity contribution is 7.89. The van der Waals surface area contributed by atoms with Gasteiger partial charge in [-0.25, -0.2) is 13.1 Å². The van der Waals surface area contributed by atoms with Gasteiger partial charge >= 0.3 is 5.97 Å². The average molecular weight is 497 g/mol. The summed E-state index contributed by atoms with van der Waals surface area (Å²) in [6.07, 6.45) is 0.597. The van der Waals surface area contributed by atoms with E-state index in [4.69, 9.17) is 14.4 Å². The number of nitriles is 1. The molecule has 3 aromatic rings. The lowest BCUT2D eigenvalue weighted by atomic mass is 10.0. The number of aromatic nitrogens is 2. The highest BCUT2D eigenvalue weighted by atomic mass is 32.2. The quantitative estimate of drug-likeness (QED) is 0.453. The fourth-order valence-electron chi connectivity index (χ4n) is 4.04. The molecule has 1 atom stereocenters. The third-order valence-corrected chi connectivity index (χ3v) is 6.94. The van der Waals surface area contributed by atoms with Gasteiger partial charge in [0.15, 0.2) is 0 Å². The Morgan fingerprint density at radius 2 is 2.14 bits per heavy atom. The molecule has 10 nitrogen and oxygen atoms in total. The molecule has 1 aliphatic carbocycles. The maximum absolute atomic E-state index is 12.3. The minimum Gasteiger partial charge on any atom is -0.490 e. The number of hydrogen-bond acceptors (Lipinski definition) is 8. The summed E-state index contributed by atoms with van der Waals surface area (Å²) in [4.78, 5) is 15.3. The van der Waals surface area contributed by atoms with Crippen LogP contribution < -0.4 is 9.46 Å². The van der Waals surface area contributed by atoms with Crippen molar-refractivity contribution in [3.05, 3.63) is 53.1 Å². The van der Waals surface area contributed by atoms with Crippen molar-refractivity contribution in [1.29, 1.82) is 5.26 Å². The summed E-state index contributed by atoms with van der Waals surface area (Å²) in [5.41, 5.74) is 3.37. The van der Waals surface area contributed by atoms with E-state index in [9.17, 15) is 18.5 Å². The normalized spacial score (nSPS) is 15.1. The lowest BCUT2D eigenvalue weighted by molar-refractivity contribution is -0.136. The van der Waals surface area contributed by atoms with Crippen molar-refractivity contribution in [3.8, 4) is 34.7 Å². The molecule has 0 fully saturated rings. The third-order valence-electron chi connectivity index (χ3n) is 5.55. The van der Waals surface area contributed by atoms with Crippen molar-refractivity contribution in [2.75, 3.05) is 5.75 Å². The van der Waals surface area contributed by atoms with E-state index in [1.807, 2.05) is 26.0 Å². The van der Waals surface area contributed by atoms with Crippen LogP contribution in [0.25, 0.3) is 22.8 Å². The van der Waals surface area contributed by atoms with Crippen LogP contribution in [0.3, 0.4) is 0 Å². The number of hydrogen-bond donors (Lipinski definition) is 2. The Hall–Kier alpha value is -3.75. The molecular formula is C24H24N4O6S. The number of fused-ring (bicyclic) bond motifs is 1. The Morgan fingerprint density at radius 1 is 1.34 bits per heavy atom. The fraction of sp³-hybridized carbons (Fsp3) is 0.333. The number of aliphatic carboxylic acids is 1. The van der Waals surface area contributed by atoms with Gasteiger partial charge in [-0.15, -0.1) is 0 Å². The molecule has 2 aromatic carbocycles. The van der Waals surface area contributed by atoms with E-state index in [2.05, 4.69) is 20.9 Å². The van der Waals surface area contributed by atoms with Crippen LogP contribution in [-0.4, -0.2) is 41.5 Å². The van der Waals surface area contributed by atoms with Crippen LogP contribution >= 0.6 is 0 Å². The predicted octanol–water partition coefficient (Wildman–Crippen LogP) is 3.44. The number of carboxylic acids is 1. The van der Waals surface area contributed by atoms with Crippen LogP contribution in [0.2, 0.25) is 0 Å². The van der Waals surface area contributed by atoms with Gasteiger partial charge in [-0.05, 0) is 56.0 Å². The molecule has 0 aliphatic heterocycles. The van der Waals surface area contributed by atoms with E-state index in [0.717, 1.165) is 16.7 Å². The smallest absolute Gasteiger partial charge is 0.304 e. The zero-order chi connectivity index (χ0) is 25.2. The van der Waals surface area contributed by atoms with Gasteiger partial charge in [-0.3, -0.25) is 4.79 Å². The van der Waals surface area contributed by atoms with Crippen molar-refractivity contribution in [2.24, 2.45) is 0 Å². The van der Waals surface area contributed by atoms with Crippen molar-refractivity contribution in [1.82, 2.24) is 14.9 Å². The topological polar surface area (TPSA) is 155 Å². The van der Waals surface area contributed by atoms with E-state index < -0.39 is 34.2 Å². The molecule has 1 aliphatic rings. The van der Waals surface area contributed by atoms with Gasteiger partial charge < -0.3 is 14.4 Å². The summed E-state index contributed by atoms with van der Waals surface area (Å²) >= 11 is 0. The van der Waals surface area contributed by atoms with Crippen molar-refractivity contribution < 1.29 is 27.6 Å². The number of ether oxygens (including phenoxy) is 1. The van der Waals surface area contributed by atoms with E-state index in [1.54, 1.807) is 24.3 Å². The first-order valence-corrected chi connectivity index (χ1v) is 12.7. The first kappa shape index (κ1) is 24.4. The number of nitrogens with zero attached hydrogens (tertiary/aromatic N) is 3. The Labute approximate surface area is 202 Å². The molecule has 2 N–H and O–H groups in total. The summed E-state index contributed by atoms with van der Waals surface area (Å²) in [5.74, 6) is -0.570. The van der Waals surface area contributed by atoms with E-state index in [1.165, 1.54) is 0 Å². The lowest BCUT2D eigenvalue weighted by Crippen LogP contribution is -2.30. The molecule has 0 bridgehead atoms. The molecule has 1 aromatic heterocycles. The second-order valence-corrected chi connectivity index (χ2v) is 10.3. The first-order valence-electron chi connectivity index (χ1n) is 11.1. The number of rotatable bonds is 9. The number of sulfonamides is 1. The second-order valence-electron chi connectivity index (χ2n) is 8.46. The average Bonchev–Trinajstić information content (AvgIpc) is 3.45. The summed E-state index contributed by atoms with van der Waals surface area (Å²) in [5, 5.41) is 22.4. The standard InChI is InChI=1S/C24H24N4O6S/c1-14(2)33-21-9-6-15(12-16(21)13-25)24-26-23(27-34-24)19-5-3-4-18-17(19)7-8-20(18)28-35(31,32)11-10-22(29)30/h3-6,9,12,14,20,28H,7-8,10-11H2,1-2H3,(H,29,30)/t20-/m0/s1. The molecule has 182 valence electrons. The molecule has 0 saturated carbocycles. The Bertz CT molecular complexity index is 1410. The molecule has 0 amide bonds. The Balaban J connectivity index is 1.59. The lowest BCUT2D eigenvalue weighted by Gasteiger charge is -2.14. The molecule has 0 saturated heterocycles. The number of nitrogens with one attached hydrogen (secondary N) is 1. The molecule has 0 radical (unpaired) electrons. The fourth-order valence-corrected chi connectivity index (χ4v) is 5.28. The molecule has 11 heteroatoms. The summed E-state index contributed by atoms with van der Waals surface area (Å²) in [6.45, 7) is 3.76. The highest BCUT2D eigenvalue weighted by Crippen LogP contribution is 2.38. The summed E-state index contributed by atoms with van der Waals surface area (Å²) in [6, 6.07) is 12.2. The largest absolute Gasteiger partial charge is 0.490 e. The van der Waals surface area contributed by atoms with E-state index in [0.29, 0.717) is 35.5 Å². The molecule has 1 heterocycles. The maximum atomic E-state index is 12.3. The first-order chi connectivity index (χ1) is 16.7. The van der Waals surface area contributed by atoms with Crippen LogP contribution in [0.15, 0.2) is 40.9 Å². The second kappa shape index (κ2) is 9.85. The van der Waals surface area contributed by atoms with Crippen molar-refractivity contribution in [3.63, 3.8) is 0 Å². The van der Waals surface area contributed by atoms with Crippen LogP contribution in [0.5, 0.6) is 5.75 Å². The van der Waals surface area contributed by atoms with Crippen LogP contribution in [0.4, 0.5) is 0 Å².